The zero-order chi connectivity index (χ0) is 20.6. The topological polar surface area (TPSA) is 88.6 Å². The number of carbonyl (C=O) groups is 1. The van der Waals surface area contributed by atoms with Crippen molar-refractivity contribution in [1.29, 1.82) is 0 Å². The summed E-state index contributed by atoms with van der Waals surface area (Å²) >= 11 is 1.38. The van der Waals surface area contributed by atoms with Gasteiger partial charge in [-0.05, 0) is 49.2 Å². The molecule has 1 aromatic heterocycles. The minimum Gasteiger partial charge on any atom is -0.495 e. The van der Waals surface area contributed by atoms with Crippen molar-refractivity contribution in [2.24, 2.45) is 0 Å². The number of hydrogen-bond donors (Lipinski definition) is 1. The number of nitrogens with zero attached hydrogens (tertiary/aromatic N) is 2. The molecular weight excluding hydrogens is 398 g/mol. The molecule has 0 radical (unpaired) electrons. The van der Waals surface area contributed by atoms with Gasteiger partial charge in [0.1, 0.15) is 10.6 Å². The first-order chi connectivity index (χ1) is 13.1. The van der Waals surface area contributed by atoms with Gasteiger partial charge in [0.2, 0.25) is 10.0 Å². The fourth-order valence-corrected chi connectivity index (χ4v) is 4.92. The summed E-state index contributed by atoms with van der Waals surface area (Å²) in [6.07, 6.45) is 0. The Kier molecular flexibility index (Phi) is 5.42. The number of ether oxygens (including phenoxy) is 1. The van der Waals surface area contributed by atoms with Crippen LogP contribution in [0.1, 0.15) is 21.5 Å². The number of aryl methyl sites for hydroxylation is 2. The molecule has 0 unspecified atom stereocenters. The number of sulfonamides is 1. The third-order valence-corrected chi connectivity index (χ3v) is 6.99. The Hall–Kier alpha value is -2.49. The van der Waals surface area contributed by atoms with Gasteiger partial charge in [0.25, 0.3) is 5.91 Å². The number of carbonyl (C=O) groups excluding carboxylic acids is 1. The van der Waals surface area contributed by atoms with E-state index >= 15 is 0 Å². The molecule has 2 aromatic carbocycles. The summed E-state index contributed by atoms with van der Waals surface area (Å²) in [6.45, 7) is 3.98. The molecule has 1 N–H and O–H groups in total. The molecule has 0 fully saturated rings. The zero-order valence-corrected chi connectivity index (χ0v) is 17.9. The molecular formula is C19H21N3O4S2. The SMILES string of the molecule is COc1ccc(C(=O)Nc2nc3c(C)cc(C)cc3s2)cc1S(=O)(=O)N(C)C. The maximum atomic E-state index is 12.7. The molecule has 0 aliphatic carbocycles. The quantitative estimate of drug-likeness (QED) is 0.684. The van der Waals surface area contributed by atoms with Gasteiger partial charge in [0.05, 0.1) is 17.3 Å². The first kappa shape index (κ1) is 20.2. The fraction of sp³-hybridized carbons (Fsp3) is 0.263. The van der Waals surface area contributed by atoms with Crippen molar-refractivity contribution < 1.29 is 17.9 Å². The molecule has 0 saturated heterocycles. The molecule has 0 atom stereocenters. The first-order valence-corrected chi connectivity index (χ1v) is 10.7. The van der Waals surface area contributed by atoms with Crippen LogP contribution in [0.3, 0.4) is 0 Å². The normalized spacial score (nSPS) is 11.8. The van der Waals surface area contributed by atoms with Crippen LogP contribution in [0.5, 0.6) is 5.75 Å². The van der Waals surface area contributed by atoms with Gasteiger partial charge in [-0.15, -0.1) is 0 Å². The number of aromatic nitrogens is 1. The highest BCUT2D eigenvalue weighted by molar-refractivity contribution is 7.89. The van der Waals surface area contributed by atoms with Gasteiger partial charge in [-0.1, -0.05) is 17.4 Å². The van der Waals surface area contributed by atoms with E-state index in [1.807, 2.05) is 26.0 Å². The molecule has 3 aromatic rings. The van der Waals surface area contributed by atoms with Gasteiger partial charge >= 0.3 is 0 Å². The van der Waals surface area contributed by atoms with E-state index in [-0.39, 0.29) is 16.2 Å². The van der Waals surface area contributed by atoms with Crippen molar-refractivity contribution in [3.63, 3.8) is 0 Å². The van der Waals surface area contributed by atoms with Crippen molar-refractivity contribution in [3.8, 4) is 5.75 Å². The second-order valence-corrected chi connectivity index (χ2v) is 9.71. The summed E-state index contributed by atoms with van der Waals surface area (Å²) in [5.41, 5.74) is 3.21. The monoisotopic (exact) mass is 419 g/mol. The first-order valence-electron chi connectivity index (χ1n) is 8.43. The summed E-state index contributed by atoms with van der Waals surface area (Å²) in [5.74, 6) is -0.261. The van der Waals surface area contributed by atoms with E-state index in [4.69, 9.17) is 4.74 Å². The molecule has 9 heteroatoms. The van der Waals surface area contributed by atoms with Crippen molar-refractivity contribution in [3.05, 3.63) is 47.0 Å². The van der Waals surface area contributed by atoms with Crippen LogP contribution < -0.4 is 10.1 Å². The molecule has 0 aliphatic heterocycles. The minimum absolute atomic E-state index is 0.0663. The number of nitrogens with one attached hydrogen (secondary N) is 1. The summed E-state index contributed by atoms with van der Waals surface area (Å²) in [7, 11) is 0.467. The summed E-state index contributed by atoms with van der Waals surface area (Å²) in [4.78, 5) is 17.1. The molecule has 1 heterocycles. The van der Waals surface area contributed by atoms with E-state index < -0.39 is 15.9 Å². The highest BCUT2D eigenvalue weighted by Gasteiger charge is 2.24. The van der Waals surface area contributed by atoms with Crippen molar-refractivity contribution in [2.75, 3.05) is 26.5 Å². The lowest BCUT2D eigenvalue weighted by Gasteiger charge is -2.15. The lowest BCUT2D eigenvalue weighted by molar-refractivity contribution is 0.102. The number of hydrogen-bond acceptors (Lipinski definition) is 6. The number of rotatable bonds is 5. The van der Waals surface area contributed by atoms with Crippen LogP contribution in [0.2, 0.25) is 0 Å². The van der Waals surface area contributed by atoms with Gasteiger partial charge in [-0.2, -0.15) is 0 Å². The summed E-state index contributed by atoms with van der Waals surface area (Å²) in [5, 5.41) is 3.22. The molecule has 0 bridgehead atoms. The standard InChI is InChI=1S/C19H21N3O4S2/c1-11-8-12(2)17-15(9-11)27-19(20-17)21-18(23)13-6-7-14(26-5)16(10-13)28(24,25)22(3)4/h6-10H,1-5H3,(H,20,21,23). The molecule has 1 amide bonds. The van der Waals surface area contributed by atoms with E-state index in [0.29, 0.717) is 5.13 Å². The molecule has 28 heavy (non-hydrogen) atoms. The van der Waals surface area contributed by atoms with E-state index in [1.54, 1.807) is 0 Å². The average molecular weight is 420 g/mol. The summed E-state index contributed by atoms with van der Waals surface area (Å²) in [6, 6.07) is 8.36. The van der Waals surface area contributed by atoms with E-state index in [1.165, 1.54) is 50.7 Å². The van der Waals surface area contributed by atoms with Crippen LogP contribution in [0.15, 0.2) is 35.2 Å². The Balaban J connectivity index is 1.96. The third-order valence-electron chi connectivity index (χ3n) is 4.23. The summed E-state index contributed by atoms with van der Waals surface area (Å²) < 4.78 is 32.3. The van der Waals surface area contributed by atoms with E-state index in [2.05, 4.69) is 10.3 Å². The number of benzene rings is 2. The number of methoxy groups -OCH3 is 1. The molecule has 0 spiro atoms. The Morgan fingerprint density at radius 1 is 1.18 bits per heavy atom. The number of amides is 1. The maximum absolute atomic E-state index is 12.7. The van der Waals surface area contributed by atoms with Crippen LogP contribution in [0.25, 0.3) is 10.2 Å². The van der Waals surface area contributed by atoms with Gasteiger partial charge < -0.3 is 4.74 Å². The molecule has 0 aliphatic rings. The predicted molar refractivity (Wildman–Crippen MR) is 111 cm³/mol. The zero-order valence-electron chi connectivity index (χ0n) is 16.2. The van der Waals surface area contributed by atoms with Crippen LogP contribution >= 0.6 is 11.3 Å². The lowest BCUT2D eigenvalue weighted by atomic mass is 10.1. The second-order valence-electron chi connectivity index (χ2n) is 6.55. The largest absolute Gasteiger partial charge is 0.495 e. The average Bonchev–Trinajstić information content (AvgIpc) is 3.03. The van der Waals surface area contributed by atoms with Gasteiger partial charge in [0.15, 0.2) is 5.13 Å². The second kappa shape index (κ2) is 7.50. The molecule has 3 rings (SSSR count). The molecule has 7 nitrogen and oxygen atoms in total. The van der Waals surface area contributed by atoms with Crippen LogP contribution in [0.4, 0.5) is 5.13 Å². The Bertz CT molecular complexity index is 1170. The van der Waals surface area contributed by atoms with Crippen molar-refractivity contribution in [1.82, 2.24) is 9.29 Å². The maximum Gasteiger partial charge on any atom is 0.257 e. The molecule has 148 valence electrons. The molecule has 0 saturated carbocycles. The Morgan fingerprint density at radius 3 is 2.54 bits per heavy atom. The van der Waals surface area contributed by atoms with Crippen LogP contribution in [0, 0.1) is 13.8 Å². The number of fused-ring (bicyclic) bond motifs is 1. The van der Waals surface area contributed by atoms with E-state index in [9.17, 15) is 13.2 Å². The van der Waals surface area contributed by atoms with Crippen LogP contribution in [-0.2, 0) is 10.0 Å². The number of thiazole rings is 1. The highest BCUT2D eigenvalue weighted by atomic mass is 32.2. The van der Waals surface area contributed by atoms with Crippen LogP contribution in [-0.4, -0.2) is 44.8 Å². The third kappa shape index (κ3) is 3.73. The lowest BCUT2D eigenvalue weighted by Crippen LogP contribution is -2.23. The van der Waals surface area contributed by atoms with Gasteiger partial charge in [-0.3, -0.25) is 10.1 Å². The Morgan fingerprint density at radius 2 is 1.89 bits per heavy atom. The van der Waals surface area contributed by atoms with Crippen molar-refractivity contribution in [2.45, 2.75) is 18.7 Å². The highest BCUT2D eigenvalue weighted by Crippen LogP contribution is 2.31. The van der Waals surface area contributed by atoms with Gasteiger partial charge in [-0.25, -0.2) is 17.7 Å². The van der Waals surface area contributed by atoms with E-state index in [0.717, 1.165) is 25.6 Å². The smallest absolute Gasteiger partial charge is 0.257 e. The number of anilines is 1. The van der Waals surface area contributed by atoms with Crippen molar-refractivity contribution >= 4 is 42.6 Å². The van der Waals surface area contributed by atoms with Gasteiger partial charge in [0, 0.05) is 19.7 Å². The predicted octanol–water partition coefficient (Wildman–Crippen LogP) is 3.42. The fourth-order valence-electron chi connectivity index (χ4n) is 2.81. The Labute approximate surface area is 168 Å². The minimum atomic E-state index is -3.76.